The van der Waals surface area contributed by atoms with Gasteiger partial charge in [0.25, 0.3) is 5.78 Å². The maximum Gasteiger partial charge on any atom is 0.253 e. The van der Waals surface area contributed by atoms with E-state index in [0.717, 1.165) is 42.2 Å². The van der Waals surface area contributed by atoms with Gasteiger partial charge in [-0.05, 0) is 54.8 Å². The fraction of sp³-hybridized carbons (Fsp3) is 0.368. The number of rotatable bonds is 7. The molecule has 0 amide bonds. The minimum Gasteiger partial charge on any atom is -0.216 e. The summed E-state index contributed by atoms with van der Waals surface area (Å²) in [4.78, 5) is 9.23. The van der Waals surface area contributed by atoms with Gasteiger partial charge in [-0.25, -0.2) is 9.50 Å². The van der Waals surface area contributed by atoms with Gasteiger partial charge in [-0.3, -0.25) is 0 Å². The number of para-hydroxylation sites is 1. The summed E-state index contributed by atoms with van der Waals surface area (Å²) < 4.78 is 3.58. The van der Waals surface area contributed by atoms with Gasteiger partial charge in [0, 0.05) is 11.4 Å². The van der Waals surface area contributed by atoms with Crippen LogP contribution in [0.3, 0.4) is 0 Å². The van der Waals surface area contributed by atoms with Crippen LogP contribution in [0.15, 0.2) is 35.5 Å². The number of hydrogen-bond acceptors (Lipinski definition) is 7. The molecule has 0 aliphatic rings. The third-order valence-electron chi connectivity index (χ3n) is 4.68. The minimum absolute atomic E-state index is 0.569. The molecular formula is C19H22N8S. The second kappa shape index (κ2) is 8.05. The van der Waals surface area contributed by atoms with E-state index >= 15 is 0 Å². The van der Waals surface area contributed by atoms with E-state index in [4.69, 9.17) is 0 Å². The minimum atomic E-state index is 0.569. The standard InChI is InChI=1S/C19H22N8S/c1-4-5-11-16-13(2)20-18-21-19(23-26(18)14(16)3)28-12-17-22-24-25-27(17)15-9-7-6-8-10-15/h6-10H,4-5,11-12H2,1-3H3. The molecule has 28 heavy (non-hydrogen) atoms. The molecule has 3 aromatic heterocycles. The average molecular weight is 395 g/mol. The fourth-order valence-electron chi connectivity index (χ4n) is 3.16. The van der Waals surface area contributed by atoms with Crippen molar-refractivity contribution in [2.45, 2.75) is 50.9 Å². The molecule has 1 aromatic carbocycles. The first-order chi connectivity index (χ1) is 13.7. The Hall–Kier alpha value is -2.81. The highest BCUT2D eigenvalue weighted by Gasteiger charge is 2.15. The number of nitrogens with zero attached hydrogens (tertiary/aromatic N) is 8. The van der Waals surface area contributed by atoms with Gasteiger partial charge in [0.15, 0.2) is 5.82 Å². The van der Waals surface area contributed by atoms with Crippen LogP contribution in [0.2, 0.25) is 0 Å². The summed E-state index contributed by atoms with van der Waals surface area (Å²) in [6, 6.07) is 9.84. The maximum atomic E-state index is 4.65. The fourth-order valence-corrected chi connectivity index (χ4v) is 3.88. The van der Waals surface area contributed by atoms with Gasteiger partial charge < -0.3 is 0 Å². The monoisotopic (exact) mass is 394 g/mol. The predicted octanol–water partition coefficient (Wildman–Crippen LogP) is 3.35. The van der Waals surface area contributed by atoms with Crippen LogP contribution in [0.5, 0.6) is 0 Å². The number of thioether (sulfide) groups is 1. The van der Waals surface area contributed by atoms with Crippen molar-refractivity contribution in [3.05, 3.63) is 53.1 Å². The van der Waals surface area contributed by atoms with Crippen molar-refractivity contribution in [3.8, 4) is 5.69 Å². The number of tetrazole rings is 1. The summed E-state index contributed by atoms with van der Waals surface area (Å²) in [5.41, 5.74) is 4.35. The molecule has 0 saturated carbocycles. The van der Waals surface area contributed by atoms with E-state index < -0.39 is 0 Å². The first-order valence-corrected chi connectivity index (χ1v) is 10.3. The van der Waals surface area contributed by atoms with Gasteiger partial charge in [-0.2, -0.15) is 9.67 Å². The molecular weight excluding hydrogens is 372 g/mol. The highest BCUT2D eigenvalue weighted by atomic mass is 32.2. The van der Waals surface area contributed by atoms with Crippen molar-refractivity contribution < 1.29 is 0 Å². The summed E-state index contributed by atoms with van der Waals surface area (Å²) in [5.74, 6) is 1.96. The van der Waals surface area contributed by atoms with Crippen molar-refractivity contribution in [3.63, 3.8) is 0 Å². The molecule has 3 heterocycles. The molecule has 0 saturated heterocycles. The van der Waals surface area contributed by atoms with Crippen molar-refractivity contribution in [1.82, 2.24) is 39.8 Å². The molecule has 0 unspecified atom stereocenters. The van der Waals surface area contributed by atoms with Crippen LogP contribution < -0.4 is 0 Å². The van der Waals surface area contributed by atoms with Gasteiger partial charge in [0.05, 0.1) is 11.4 Å². The first kappa shape index (κ1) is 18.5. The quantitative estimate of drug-likeness (QED) is 0.444. The van der Waals surface area contributed by atoms with Gasteiger partial charge in [0.2, 0.25) is 5.16 Å². The molecule has 0 spiro atoms. The Kier molecular flexibility index (Phi) is 5.34. The smallest absolute Gasteiger partial charge is 0.216 e. The Morgan fingerprint density at radius 3 is 2.68 bits per heavy atom. The molecule has 0 aliphatic heterocycles. The predicted molar refractivity (Wildman–Crippen MR) is 108 cm³/mol. The second-order valence-electron chi connectivity index (χ2n) is 6.60. The number of unbranched alkanes of at least 4 members (excludes halogenated alkanes) is 1. The Morgan fingerprint density at radius 2 is 1.89 bits per heavy atom. The van der Waals surface area contributed by atoms with Gasteiger partial charge in [-0.1, -0.05) is 43.3 Å². The van der Waals surface area contributed by atoms with Gasteiger partial charge in [-0.15, -0.1) is 10.2 Å². The van der Waals surface area contributed by atoms with E-state index in [0.29, 0.717) is 16.7 Å². The van der Waals surface area contributed by atoms with E-state index in [2.05, 4.69) is 44.4 Å². The number of benzene rings is 1. The lowest BCUT2D eigenvalue weighted by Crippen LogP contribution is -2.05. The Labute approximate surface area is 167 Å². The Balaban J connectivity index is 1.57. The van der Waals surface area contributed by atoms with Crippen molar-refractivity contribution in [2.75, 3.05) is 0 Å². The van der Waals surface area contributed by atoms with E-state index in [1.807, 2.05) is 41.8 Å². The number of aryl methyl sites for hydroxylation is 2. The molecule has 0 aliphatic carbocycles. The lowest BCUT2D eigenvalue weighted by Gasteiger charge is -2.09. The number of aromatic nitrogens is 8. The molecule has 0 atom stereocenters. The van der Waals surface area contributed by atoms with Crippen LogP contribution in [-0.2, 0) is 12.2 Å². The van der Waals surface area contributed by atoms with Crippen LogP contribution in [0.1, 0.15) is 42.5 Å². The maximum absolute atomic E-state index is 4.65. The molecule has 8 nitrogen and oxygen atoms in total. The summed E-state index contributed by atoms with van der Waals surface area (Å²) in [5, 5.41) is 17.4. The van der Waals surface area contributed by atoms with Crippen LogP contribution in [0, 0.1) is 13.8 Å². The van der Waals surface area contributed by atoms with E-state index in [1.165, 1.54) is 17.3 Å². The molecule has 0 radical (unpaired) electrons. The summed E-state index contributed by atoms with van der Waals surface area (Å²) >= 11 is 1.50. The molecule has 4 aromatic rings. The van der Waals surface area contributed by atoms with Crippen LogP contribution >= 0.6 is 11.8 Å². The van der Waals surface area contributed by atoms with E-state index in [-0.39, 0.29) is 0 Å². The normalized spacial score (nSPS) is 11.4. The third-order valence-corrected chi connectivity index (χ3v) is 5.51. The van der Waals surface area contributed by atoms with Gasteiger partial charge >= 0.3 is 0 Å². The lowest BCUT2D eigenvalue weighted by atomic mass is 10.1. The van der Waals surface area contributed by atoms with Crippen molar-refractivity contribution in [2.24, 2.45) is 0 Å². The first-order valence-electron chi connectivity index (χ1n) is 9.35. The zero-order valence-electron chi connectivity index (χ0n) is 16.2. The summed E-state index contributed by atoms with van der Waals surface area (Å²) in [7, 11) is 0. The zero-order chi connectivity index (χ0) is 19.5. The topological polar surface area (TPSA) is 86.7 Å². The highest BCUT2D eigenvalue weighted by molar-refractivity contribution is 7.98. The van der Waals surface area contributed by atoms with E-state index in [9.17, 15) is 0 Å². The Bertz CT molecular complexity index is 1090. The van der Waals surface area contributed by atoms with E-state index in [1.54, 1.807) is 4.68 Å². The lowest BCUT2D eigenvalue weighted by molar-refractivity contribution is 0.753. The van der Waals surface area contributed by atoms with Crippen LogP contribution in [0.25, 0.3) is 11.5 Å². The van der Waals surface area contributed by atoms with Crippen LogP contribution in [0.4, 0.5) is 0 Å². The molecule has 0 bridgehead atoms. The highest BCUT2D eigenvalue weighted by Crippen LogP contribution is 2.22. The second-order valence-corrected chi connectivity index (χ2v) is 7.54. The molecule has 4 rings (SSSR count). The molecule has 9 heteroatoms. The van der Waals surface area contributed by atoms with Gasteiger partial charge in [0.1, 0.15) is 0 Å². The third kappa shape index (κ3) is 3.62. The SMILES string of the molecule is CCCCc1c(C)nc2nc(SCc3nnnn3-c3ccccc3)nn2c1C. The zero-order valence-corrected chi connectivity index (χ0v) is 17.0. The number of hydrogen-bond donors (Lipinski definition) is 0. The van der Waals surface area contributed by atoms with Crippen LogP contribution in [-0.4, -0.2) is 39.8 Å². The average Bonchev–Trinajstić information content (AvgIpc) is 3.33. The number of fused-ring (bicyclic) bond motifs is 1. The molecule has 0 fully saturated rings. The Morgan fingerprint density at radius 1 is 1.07 bits per heavy atom. The summed E-state index contributed by atoms with van der Waals surface area (Å²) in [6.45, 7) is 6.34. The molecule has 0 N–H and O–H groups in total. The van der Waals surface area contributed by atoms with Crippen molar-refractivity contribution in [1.29, 1.82) is 0 Å². The van der Waals surface area contributed by atoms with Crippen molar-refractivity contribution >= 4 is 17.5 Å². The molecule has 144 valence electrons. The summed E-state index contributed by atoms with van der Waals surface area (Å²) in [6.07, 6.45) is 3.32. The largest absolute Gasteiger partial charge is 0.253 e.